The quantitative estimate of drug-likeness (QED) is 0.556. The lowest BCUT2D eigenvalue weighted by atomic mass is 9.84. The predicted molar refractivity (Wildman–Crippen MR) is 46.4 cm³/mol. The Kier molecular flexibility index (Phi) is 2.86. The van der Waals surface area contributed by atoms with Crippen molar-refractivity contribution in [2.75, 3.05) is 0 Å². The maximum Gasteiger partial charge on any atom is 0.161 e. The Labute approximate surface area is 68.5 Å². The lowest BCUT2D eigenvalue weighted by Crippen LogP contribution is -2.17. The Balaban J connectivity index is 2.45. The van der Waals surface area contributed by atoms with Crippen molar-refractivity contribution < 1.29 is 4.79 Å². The third-order valence-corrected chi connectivity index (χ3v) is 2.40. The maximum absolute atomic E-state index is 11.4. The van der Waals surface area contributed by atoms with E-state index < -0.39 is 0 Å². The minimum absolute atomic E-state index is 0.296. The van der Waals surface area contributed by atoms with E-state index in [-0.39, 0.29) is 0 Å². The molecule has 0 amide bonds. The van der Waals surface area contributed by atoms with Crippen LogP contribution in [0, 0.1) is 5.92 Å². The number of carbonyl (C=O) groups is 1. The summed E-state index contributed by atoms with van der Waals surface area (Å²) in [4.78, 5) is 11.4. The van der Waals surface area contributed by atoms with Gasteiger partial charge in [0.25, 0.3) is 0 Å². The predicted octanol–water partition coefficient (Wildman–Crippen LogP) is 2.71. The average molecular weight is 152 g/mol. The van der Waals surface area contributed by atoms with Crippen LogP contribution in [0.25, 0.3) is 0 Å². The molecule has 0 N–H and O–H groups in total. The molecule has 0 aromatic rings. The van der Waals surface area contributed by atoms with Crippen molar-refractivity contribution >= 4 is 5.78 Å². The lowest BCUT2D eigenvalue weighted by molar-refractivity contribution is -0.120. The van der Waals surface area contributed by atoms with E-state index in [1.165, 1.54) is 19.3 Å². The number of hydrogen-bond donors (Lipinski definition) is 0. The molecule has 1 aliphatic rings. The second-order valence-corrected chi connectivity index (χ2v) is 3.48. The average Bonchev–Trinajstić information content (AvgIpc) is 2.05. The summed E-state index contributed by atoms with van der Waals surface area (Å²) in [5.74, 6) is 0.603. The topological polar surface area (TPSA) is 17.1 Å². The molecule has 62 valence electrons. The highest BCUT2D eigenvalue weighted by Gasteiger charge is 2.20. The molecule has 0 atom stereocenters. The monoisotopic (exact) mass is 152 g/mol. The smallest absolute Gasteiger partial charge is 0.161 e. The van der Waals surface area contributed by atoms with E-state index in [9.17, 15) is 4.79 Å². The first-order valence-electron chi connectivity index (χ1n) is 4.41. The highest BCUT2D eigenvalue weighted by atomic mass is 16.1. The Bertz CT molecular complexity index is 164. The Morgan fingerprint density at radius 1 is 1.27 bits per heavy atom. The van der Waals surface area contributed by atoms with E-state index in [4.69, 9.17) is 0 Å². The van der Waals surface area contributed by atoms with Gasteiger partial charge in [-0.05, 0) is 25.3 Å². The van der Waals surface area contributed by atoms with Crippen molar-refractivity contribution in [3.63, 3.8) is 0 Å². The third-order valence-electron chi connectivity index (χ3n) is 2.40. The van der Waals surface area contributed by atoms with E-state index in [0.717, 1.165) is 18.4 Å². The molecule has 0 aromatic heterocycles. The van der Waals surface area contributed by atoms with Crippen molar-refractivity contribution in [2.24, 2.45) is 5.92 Å². The number of carbonyl (C=O) groups excluding carboxylic acids is 1. The molecule has 0 heterocycles. The van der Waals surface area contributed by atoms with Gasteiger partial charge in [-0.25, -0.2) is 0 Å². The fourth-order valence-electron chi connectivity index (χ4n) is 1.71. The minimum Gasteiger partial charge on any atom is -0.294 e. The number of ketones is 1. The molecule has 0 bridgehead atoms. The van der Waals surface area contributed by atoms with Gasteiger partial charge in [-0.15, -0.1) is 0 Å². The van der Waals surface area contributed by atoms with Crippen molar-refractivity contribution in [1.29, 1.82) is 0 Å². The van der Waals surface area contributed by atoms with Gasteiger partial charge in [0.2, 0.25) is 0 Å². The first-order chi connectivity index (χ1) is 5.22. The van der Waals surface area contributed by atoms with Gasteiger partial charge in [-0.3, -0.25) is 4.79 Å². The van der Waals surface area contributed by atoms with Crippen LogP contribution in [0.1, 0.15) is 39.0 Å². The Morgan fingerprint density at radius 3 is 2.27 bits per heavy atom. The van der Waals surface area contributed by atoms with Gasteiger partial charge in [-0.1, -0.05) is 25.8 Å². The number of hydrogen-bond acceptors (Lipinski definition) is 1. The van der Waals surface area contributed by atoms with Gasteiger partial charge in [0.1, 0.15) is 0 Å². The van der Waals surface area contributed by atoms with Crippen LogP contribution in [0.4, 0.5) is 0 Å². The fraction of sp³-hybridized carbons (Fsp3) is 0.700. The first-order valence-corrected chi connectivity index (χ1v) is 4.41. The molecule has 0 radical (unpaired) electrons. The standard InChI is InChI=1S/C10H16O/c1-8(2)10(11)9-6-4-3-5-7-9/h9H,1,3-7H2,2H3. The van der Waals surface area contributed by atoms with E-state index in [1.807, 2.05) is 6.92 Å². The Hall–Kier alpha value is -0.590. The number of allylic oxidation sites excluding steroid dienone is 1. The molecule has 1 saturated carbocycles. The number of Topliss-reactive ketones (excluding diaryl/α,β-unsaturated/α-hetero) is 1. The van der Waals surface area contributed by atoms with E-state index in [2.05, 4.69) is 6.58 Å². The van der Waals surface area contributed by atoms with Crippen LogP contribution in [-0.4, -0.2) is 5.78 Å². The molecule has 1 nitrogen and oxygen atoms in total. The lowest BCUT2D eigenvalue weighted by Gasteiger charge is -2.19. The summed E-state index contributed by atoms with van der Waals surface area (Å²) in [5.41, 5.74) is 0.733. The SMILES string of the molecule is C=C(C)C(=O)C1CCCCC1. The molecule has 0 spiro atoms. The molecule has 0 unspecified atom stereocenters. The molecule has 1 rings (SSSR count). The van der Waals surface area contributed by atoms with E-state index in [0.29, 0.717) is 11.7 Å². The summed E-state index contributed by atoms with van der Waals surface area (Å²) in [5, 5.41) is 0. The molecule has 1 fully saturated rings. The maximum atomic E-state index is 11.4. The zero-order valence-corrected chi connectivity index (χ0v) is 7.23. The molecular formula is C10H16O. The Morgan fingerprint density at radius 2 is 1.82 bits per heavy atom. The summed E-state index contributed by atoms with van der Waals surface area (Å²) in [7, 11) is 0. The van der Waals surface area contributed by atoms with Gasteiger partial charge in [-0.2, -0.15) is 0 Å². The summed E-state index contributed by atoms with van der Waals surface area (Å²) in [6, 6.07) is 0. The summed E-state index contributed by atoms with van der Waals surface area (Å²) >= 11 is 0. The van der Waals surface area contributed by atoms with Gasteiger partial charge in [0.15, 0.2) is 5.78 Å². The second-order valence-electron chi connectivity index (χ2n) is 3.48. The van der Waals surface area contributed by atoms with Gasteiger partial charge < -0.3 is 0 Å². The highest BCUT2D eigenvalue weighted by Crippen LogP contribution is 2.25. The zero-order chi connectivity index (χ0) is 8.27. The summed E-state index contributed by atoms with van der Waals surface area (Å²) in [6.07, 6.45) is 5.94. The van der Waals surface area contributed by atoms with Crippen LogP contribution in [0.3, 0.4) is 0 Å². The van der Waals surface area contributed by atoms with Crippen molar-refractivity contribution in [3.05, 3.63) is 12.2 Å². The molecule has 1 aliphatic carbocycles. The molecule has 1 heteroatoms. The van der Waals surface area contributed by atoms with Gasteiger partial charge in [0.05, 0.1) is 0 Å². The van der Waals surface area contributed by atoms with Crippen LogP contribution >= 0.6 is 0 Å². The van der Waals surface area contributed by atoms with Crippen LogP contribution in [0.2, 0.25) is 0 Å². The highest BCUT2D eigenvalue weighted by molar-refractivity contribution is 5.95. The van der Waals surface area contributed by atoms with Crippen LogP contribution in [-0.2, 0) is 4.79 Å². The van der Waals surface area contributed by atoms with Crippen molar-refractivity contribution in [3.8, 4) is 0 Å². The van der Waals surface area contributed by atoms with Gasteiger partial charge >= 0.3 is 0 Å². The second kappa shape index (κ2) is 3.70. The largest absolute Gasteiger partial charge is 0.294 e. The van der Waals surface area contributed by atoms with Crippen LogP contribution < -0.4 is 0 Å². The molecular weight excluding hydrogens is 136 g/mol. The summed E-state index contributed by atoms with van der Waals surface area (Å²) < 4.78 is 0. The fourth-order valence-corrected chi connectivity index (χ4v) is 1.71. The third kappa shape index (κ3) is 2.18. The summed E-state index contributed by atoms with van der Waals surface area (Å²) in [6.45, 7) is 5.50. The van der Waals surface area contributed by atoms with E-state index in [1.54, 1.807) is 0 Å². The molecule has 0 aliphatic heterocycles. The molecule has 0 saturated heterocycles. The van der Waals surface area contributed by atoms with E-state index >= 15 is 0 Å². The van der Waals surface area contributed by atoms with Crippen LogP contribution in [0.15, 0.2) is 12.2 Å². The number of rotatable bonds is 2. The normalized spacial score (nSPS) is 19.7. The minimum atomic E-state index is 0.296. The van der Waals surface area contributed by atoms with Crippen molar-refractivity contribution in [2.45, 2.75) is 39.0 Å². The van der Waals surface area contributed by atoms with Crippen LogP contribution in [0.5, 0.6) is 0 Å². The molecule has 11 heavy (non-hydrogen) atoms. The molecule has 0 aromatic carbocycles. The first kappa shape index (κ1) is 8.51. The zero-order valence-electron chi connectivity index (χ0n) is 7.23. The van der Waals surface area contributed by atoms with Crippen molar-refractivity contribution in [1.82, 2.24) is 0 Å². The van der Waals surface area contributed by atoms with Gasteiger partial charge in [0, 0.05) is 5.92 Å².